The van der Waals surface area contributed by atoms with E-state index in [-0.39, 0.29) is 24.5 Å². The Morgan fingerprint density at radius 3 is 2.75 bits per heavy atom. The maximum atomic E-state index is 12.5. The molecular formula is C9H10F3N3O. The monoisotopic (exact) mass is 233 g/mol. The second-order valence-corrected chi connectivity index (χ2v) is 3.82. The molecule has 1 aliphatic carbocycles. The Kier molecular flexibility index (Phi) is 2.49. The molecular weight excluding hydrogens is 223 g/mol. The van der Waals surface area contributed by atoms with Crippen LogP contribution in [0.15, 0.2) is 6.20 Å². The van der Waals surface area contributed by atoms with E-state index in [2.05, 4.69) is 9.97 Å². The SMILES string of the molecule is Nc1ncc2c(n1)C[C@H](C(F)(F)F)C[C@@H]2O. The van der Waals surface area contributed by atoms with Gasteiger partial charge in [-0.15, -0.1) is 0 Å². The average molecular weight is 233 g/mol. The van der Waals surface area contributed by atoms with E-state index in [0.29, 0.717) is 5.56 Å². The molecule has 4 nitrogen and oxygen atoms in total. The van der Waals surface area contributed by atoms with Gasteiger partial charge in [0.05, 0.1) is 17.7 Å². The van der Waals surface area contributed by atoms with Gasteiger partial charge in [0.25, 0.3) is 0 Å². The van der Waals surface area contributed by atoms with Gasteiger partial charge in [0.2, 0.25) is 5.95 Å². The number of nitrogen functional groups attached to an aromatic ring is 1. The molecule has 0 bridgehead atoms. The van der Waals surface area contributed by atoms with Gasteiger partial charge in [-0.1, -0.05) is 0 Å². The van der Waals surface area contributed by atoms with Gasteiger partial charge in [0.15, 0.2) is 0 Å². The highest BCUT2D eigenvalue weighted by Gasteiger charge is 2.44. The Labute approximate surface area is 89.3 Å². The van der Waals surface area contributed by atoms with Crippen LogP contribution < -0.4 is 5.73 Å². The van der Waals surface area contributed by atoms with Crippen LogP contribution in [0, 0.1) is 5.92 Å². The van der Waals surface area contributed by atoms with Crippen molar-refractivity contribution in [2.75, 3.05) is 5.73 Å². The summed E-state index contributed by atoms with van der Waals surface area (Å²) in [6.07, 6.45) is -4.80. The molecule has 1 aromatic rings. The normalized spacial score (nSPS) is 25.2. The van der Waals surface area contributed by atoms with Crippen LogP contribution in [0.2, 0.25) is 0 Å². The van der Waals surface area contributed by atoms with Crippen molar-refractivity contribution in [2.45, 2.75) is 25.1 Å². The minimum Gasteiger partial charge on any atom is -0.388 e. The number of alkyl halides is 3. The largest absolute Gasteiger partial charge is 0.392 e. The second kappa shape index (κ2) is 3.58. The molecule has 0 radical (unpaired) electrons. The third-order valence-corrected chi connectivity index (χ3v) is 2.69. The summed E-state index contributed by atoms with van der Waals surface area (Å²) < 4.78 is 37.6. The maximum absolute atomic E-state index is 12.5. The van der Waals surface area contributed by atoms with Crippen LogP contribution >= 0.6 is 0 Å². The molecule has 7 heteroatoms. The molecule has 2 atom stereocenters. The molecule has 0 unspecified atom stereocenters. The van der Waals surface area contributed by atoms with Gasteiger partial charge in [-0.25, -0.2) is 9.97 Å². The molecule has 1 aromatic heterocycles. The van der Waals surface area contributed by atoms with E-state index >= 15 is 0 Å². The Morgan fingerprint density at radius 1 is 1.44 bits per heavy atom. The van der Waals surface area contributed by atoms with Gasteiger partial charge in [0.1, 0.15) is 0 Å². The standard InChI is InChI=1S/C9H10F3N3O/c10-9(11,12)4-1-6-5(7(16)2-4)3-14-8(13)15-6/h3-4,7,16H,1-2H2,(H2,13,14,15)/t4-,7-/m0/s1. The molecule has 3 N–H and O–H groups in total. The number of anilines is 1. The lowest BCUT2D eigenvalue weighted by molar-refractivity contribution is -0.184. The highest BCUT2D eigenvalue weighted by Crippen LogP contribution is 2.40. The minimum atomic E-state index is -4.32. The number of nitrogens with two attached hydrogens (primary N) is 1. The van der Waals surface area contributed by atoms with Crippen molar-refractivity contribution >= 4 is 5.95 Å². The molecule has 2 rings (SSSR count). The first-order chi connectivity index (χ1) is 7.38. The molecule has 16 heavy (non-hydrogen) atoms. The topological polar surface area (TPSA) is 72.0 Å². The van der Waals surface area contributed by atoms with Gasteiger partial charge in [-0.05, 0) is 6.42 Å². The molecule has 0 aliphatic heterocycles. The van der Waals surface area contributed by atoms with Crippen molar-refractivity contribution in [1.29, 1.82) is 0 Å². The molecule has 0 aromatic carbocycles. The summed E-state index contributed by atoms with van der Waals surface area (Å²) in [6.45, 7) is 0. The van der Waals surface area contributed by atoms with E-state index in [1.165, 1.54) is 6.20 Å². The van der Waals surface area contributed by atoms with Crippen molar-refractivity contribution in [3.05, 3.63) is 17.5 Å². The number of hydrogen-bond acceptors (Lipinski definition) is 4. The fourth-order valence-electron chi connectivity index (χ4n) is 1.85. The van der Waals surface area contributed by atoms with Gasteiger partial charge in [-0.2, -0.15) is 13.2 Å². The smallest absolute Gasteiger partial charge is 0.388 e. The van der Waals surface area contributed by atoms with Crippen LogP contribution in [-0.2, 0) is 6.42 Å². The van der Waals surface area contributed by atoms with E-state index in [0.717, 1.165) is 0 Å². The Bertz CT molecular complexity index is 407. The zero-order chi connectivity index (χ0) is 11.9. The first-order valence-corrected chi connectivity index (χ1v) is 4.74. The summed E-state index contributed by atoms with van der Waals surface area (Å²) in [5.41, 5.74) is 5.83. The number of rotatable bonds is 0. The van der Waals surface area contributed by atoms with E-state index in [1.54, 1.807) is 0 Å². The number of aliphatic hydroxyl groups excluding tert-OH is 1. The zero-order valence-electron chi connectivity index (χ0n) is 8.20. The molecule has 88 valence electrons. The van der Waals surface area contributed by atoms with Gasteiger partial charge >= 0.3 is 6.18 Å². The number of hydrogen-bond donors (Lipinski definition) is 2. The minimum absolute atomic E-state index is 0.0752. The van der Waals surface area contributed by atoms with Crippen molar-refractivity contribution in [3.8, 4) is 0 Å². The summed E-state index contributed by atoms with van der Waals surface area (Å²) in [5, 5.41) is 9.57. The summed E-state index contributed by atoms with van der Waals surface area (Å²) in [5.74, 6) is -1.64. The fraction of sp³-hybridized carbons (Fsp3) is 0.556. The number of nitrogens with zero attached hydrogens (tertiary/aromatic N) is 2. The van der Waals surface area contributed by atoms with Crippen LogP contribution in [0.3, 0.4) is 0 Å². The van der Waals surface area contributed by atoms with Crippen molar-refractivity contribution < 1.29 is 18.3 Å². The highest BCUT2D eigenvalue weighted by molar-refractivity contribution is 5.29. The number of aliphatic hydroxyl groups is 1. The molecule has 1 aliphatic rings. The lowest BCUT2D eigenvalue weighted by Crippen LogP contribution is -2.31. The van der Waals surface area contributed by atoms with E-state index in [4.69, 9.17) is 5.73 Å². The quantitative estimate of drug-likeness (QED) is 0.706. The van der Waals surface area contributed by atoms with Crippen LogP contribution in [0.4, 0.5) is 19.1 Å². The lowest BCUT2D eigenvalue weighted by Gasteiger charge is -2.28. The van der Waals surface area contributed by atoms with Crippen LogP contribution in [0.1, 0.15) is 23.8 Å². The average Bonchev–Trinajstić information content (AvgIpc) is 2.15. The summed E-state index contributed by atoms with van der Waals surface area (Å²) in [4.78, 5) is 7.39. The molecule has 0 amide bonds. The Hall–Kier alpha value is -1.37. The first-order valence-electron chi connectivity index (χ1n) is 4.74. The number of halogens is 3. The molecule has 0 saturated carbocycles. The van der Waals surface area contributed by atoms with E-state index < -0.39 is 18.2 Å². The van der Waals surface area contributed by atoms with Crippen molar-refractivity contribution in [3.63, 3.8) is 0 Å². The zero-order valence-corrected chi connectivity index (χ0v) is 8.20. The lowest BCUT2D eigenvalue weighted by atomic mass is 9.85. The Balaban J connectivity index is 2.35. The van der Waals surface area contributed by atoms with Gasteiger partial charge < -0.3 is 10.8 Å². The van der Waals surface area contributed by atoms with Crippen LogP contribution in [0.5, 0.6) is 0 Å². The van der Waals surface area contributed by atoms with Gasteiger partial charge in [0, 0.05) is 18.2 Å². The summed E-state index contributed by atoms with van der Waals surface area (Å²) in [6, 6.07) is 0. The van der Waals surface area contributed by atoms with Crippen LogP contribution in [0.25, 0.3) is 0 Å². The third-order valence-electron chi connectivity index (χ3n) is 2.69. The number of aromatic nitrogens is 2. The van der Waals surface area contributed by atoms with Crippen molar-refractivity contribution in [1.82, 2.24) is 9.97 Å². The fourth-order valence-corrected chi connectivity index (χ4v) is 1.85. The Morgan fingerprint density at radius 2 is 2.12 bits per heavy atom. The molecule has 0 saturated heterocycles. The van der Waals surface area contributed by atoms with E-state index in [1.807, 2.05) is 0 Å². The predicted octanol–water partition coefficient (Wildman–Crippen LogP) is 1.22. The molecule has 0 fully saturated rings. The van der Waals surface area contributed by atoms with Gasteiger partial charge in [-0.3, -0.25) is 0 Å². The first kappa shape index (κ1) is 11.1. The predicted molar refractivity (Wildman–Crippen MR) is 49.3 cm³/mol. The third kappa shape index (κ3) is 1.95. The maximum Gasteiger partial charge on any atom is 0.392 e. The molecule has 0 spiro atoms. The highest BCUT2D eigenvalue weighted by atomic mass is 19.4. The molecule has 1 heterocycles. The second-order valence-electron chi connectivity index (χ2n) is 3.82. The van der Waals surface area contributed by atoms with Crippen molar-refractivity contribution in [2.24, 2.45) is 5.92 Å². The summed E-state index contributed by atoms with van der Waals surface area (Å²) in [7, 11) is 0. The van der Waals surface area contributed by atoms with E-state index in [9.17, 15) is 18.3 Å². The van der Waals surface area contributed by atoms with Crippen LogP contribution in [-0.4, -0.2) is 21.3 Å². The summed E-state index contributed by atoms with van der Waals surface area (Å²) >= 11 is 0. The number of fused-ring (bicyclic) bond motifs is 1.